The minimum Gasteiger partial charge on any atom is -0.355 e. The number of fused-ring (bicyclic) bond motifs is 1. The first-order valence-corrected chi connectivity index (χ1v) is 10.1. The number of halogens is 1. The fourth-order valence-electron chi connectivity index (χ4n) is 3.80. The number of hydrogen-bond acceptors (Lipinski definition) is 6. The summed E-state index contributed by atoms with van der Waals surface area (Å²) in [6.45, 7) is 5.67. The van der Waals surface area contributed by atoms with E-state index in [1.807, 2.05) is 31.2 Å². The molecule has 1 N–H and O–H groups in total. The van der Waals surface area contributed by atoms with Gasteiger partial charge in [0.05, 0.1) is 34.7 Å². The lowest BCUT2D eigenvalue weighted by Crippen LogP contribution is -2.28. The van der Waals surface area contributed by atoms with Crippen molar-refractivity contribution >= 4 is 16.7 Å². The lowest BCUT2D eigenvalue weighted by atomic mass is 10.1. The van der Waals surface area contributed by atoms with Crippen molar-refractivity contribution in [2.24, 2.45) is 0 Å². The van der Waals surface area contributed by atoms with Gasteiger partial charge in [-0.2, -0.15) is 5.10 Å². The van der Waals surface area contributed by atoms with Crippen LogP contribution in [0, 0.1) is 12.7 Å². The third-order valence-electron chi connectivity index (χ3n) is 5.29. The number of nitrogens with one attached hydrogen (secondary N) is 1. The summed E-state index contributed by atoms with van der Waals surface area (Å²) in [6.07, 6.45) is 5.93. The standard InChI is InChI=1S/C22H22FN7/c1-15-12-25-14-19(27-15)16-10-18(23)17-13-26-30(20(17)11-16)22-5-2-4-21(28-22)29-8-3-6-24-7-9-29/h2,4-5,10-14,24H,3,6-9H2,1H3. The predicted octanol–water partition coefficient (Wildman–Crippen LogP) is 3.12. The Bertz CT molecular complexity index is 1200. The first kappa shape index (κ1) is 18.6. The average molecular weight is 403 g/mol. The molecule has 1 saturated heterocycles. The zero-order valence-electron chi connectivity index (χ0n) is 16.7. The number of rotatable bonds is 3. The molecule has 0 atom stereocenters. The van der Waals surface area contributed by atoms with Crippen molar-refractivity contribution in [1.29, 1.82) is 0 Å². The normalized spacial score (nSPS) is 14.8. The monoisotopic (exact) mass is 403 g/mol. The molecule has 152 valence electrons. The number of benzene rings is 1. The van der Waals surface area contributed by atoms with Crippen LogP contribution >= 0.6 is 0 Å². The zero-order valence-corrected chi connectivity index (χ0v) is 16.7. The Kier molecular flexibility index (Phi) is 4.84. The molecule has 7 nitrogen and oxygen atoms in total. The van der Waals surface area contributed by atoms with Crippen molar-refractivity contribution in [1.82, 2.24) is 30.0 Å². The largest absolute Gasteiger partial charge is 0.355 e. The average Bonchev–Trinajstić information content (AvgIpc) is 3.00. The van der Waals surface area contributed by atoms with E-state index in [4.69, 9.17) is 4.98 Å². The minimum atomic E-state index is -0.341. The second-order valence-electron chi connectivity index (χ2n) is 7.44. The summed E-state index contributed by atoms with van der Waals surface area (Å²) >= 11 is 0. The lowest BCUT2D eigenvalue weighted by Gasteiger charge is -2.21. The Hall–Kier alpha value is -3.39. The Morgan fingerprint density at radius 1 is 1.00 bits per heavy atom. The summed E-state index contributed by atoms with van der Waals surface area (Å²) in [6, 6.07) is 9.23. The van der Waals surface area contributed by atoms with Crippen molar-refractivity contribution in [2.45, 2.75) is 13.3 Å². The zero-order chi connectivity index (χ0) is 20.5. The Morgan fingerprint density at radius 2 is 1.90 bits per heavy atom. The summed E-state index contributed by atoms with van der Waals surface area (Å²) < 4.78 is 16.5. The summed E-state index contributed by atoms with van der Waals surface area (Å²) in [4.78, 5) is 15.7. The topological polar surface area (TPSA) is 71.8 Å². The van der Waals surface area contributed by atoms with Gasteiger partial charge in [0.15, 0.2) is 5.82 Å². The Labute approximate surface area is 173 Å². The molecule has 0 radical (unpaired) electrons. The van der Waals surface area contributed by atoms with Crippen molar-refractivity contribution in [3.8, 4) is 17.1 Å². The highest BCUT2D eigenvalue weighted by molar-refractivity contribution is 5.85. The number of anilines is 1. The van der Waals surface area contributed by atoms with E-state index in [9.17, 15) is 4.39 Å². The van der Waals surface area contributed by atoms with Gasteiger partial charge in [-0.05, 0) is 44.2 Å². The van der Waals surface area contributed by atoms with Crippen LogP contribution in [0.15, 0.2) is 48.9 Å². The second-order valence-corrected chi connectivity index (χ2v) is 7.44. The van der Waals surface area contributed by atoms with Crippen LogP contribution in [0.2, 0.25) is 0 Å². The fraction of sp³-hybridized carbons (Fsp3) is 0.273. The summed E-state index contributed by atoms with van der Waals surface area (Å²) in [5.74, 6) is 1.22. The number of hydrogen-bond donors (Lipinski definition) is 1. The number of pyridine rings is 1. The highest BCUT2D eigenvalue weighted by Crippen LogP contribution is 2.27. The molecule has 1 aromatic carbocycles. The van der Waals surface area contributed by atoms with Gasteiger partial charge in [-0.1, -0.05) is 6.07 Å². The maximum absolute atomic E-state index is 14.8. The first-order chi connectivity index (χ1) is 14.7. The van der Waals surface area contributed by atoms with Crippen molar-refractivity contribution in [2.75, 3.05) is 31.1 Å². The maximum atomic E-state index is 14.8. The highest BCUT2D eigenvalue weighted by atomic mass is 19.1. The molecule has 0 unspecified atom stereocenters. The number of aryl methyl sites for hydroxylation is 1. The van der Waals surface area contributed by atoms with E-state index in [1.54, 1.807) is 23.3 Å². The predicted molar refractivity (Wildman–Crippen MR) is 114 cm³/mol. The Morgan fingerprint density at radius 3 is 2.80 bits per heavy atom. The highest BCUT2D eigenvalue weighted by Gasteiger charge is 2.16. The van der Waals surface area contributed by atoms with E-state index in [-0.39, 0.29) is 5.82 Å². The van der Waals surface area contributed by atoms with E-state index in [0.29, 0.717) is 28.0 Å². The van der Waals surface area contributed by atoms with Gasteiger partial charge in [-0.15, -0.1) is 0 Å². The van der Waals surface area contributed by atoms with Gasteiger partial charge in [-0.3, -0.25) is 4.98 Å². The Balaban J connectivity index is 1.59. The SMILES string of the molecule is Cc1cncc(-c2cc(F)c3cnn(-c4cccc(N5CCCNCC5)n4)c3c2)n1. The van der Waals surface area contributed by atoms with Gasteiger partial charge in [0.25, 0.3) is 0 Å². The van der Waals surface area contributed by atoms with Gasteiger partial charge in [0.1, 0.15) is 11.6 Å². The number of aromatic nitrogens is 5. The molecule has 0 saturated carbocycles. The third kappa shape index (κ3) is 3.50. The molecule has 0 aliphatic carbocycles. The molecular formula is C22H22FN7. The lowest BCUT2D eigenvalue weighted by molar-refractivity contribution is 0.640. The van der Waals surface area contributed by atoms with Gasteiger partial charge in [0.2, 0.25) is 0 Å². The van der Waals surface area contributed by atoms with Crippen LogP contribution < -0.4 is 10.2 Å². The smallest absolute Gasteiger partial charge is 0.156 e. The van der Waals surface area contributed by atoms with E-state index >= 15 is 0 Å². The number of nitrogens with zero attached hydrogens (tertiary/aromatic N) is 6. The molecule has 4 aromatic rings. The maximum Gasteiger partial charge on any atom is 0.156 e. The molecule has 5 rings (SSSR count). The third-order valence-corrected chi connectivity index (χ3v) is 5.29. The molecule has 1 fully saturated rings. The van der Waals surface area contributed by atoms with Crippen LogP contribution in [0.1, 0.15) is 12.1 Å². The second kappa shape index (κ2) is 7.79. The van der Waals surface area contributed by atoms with Crippen molar-refractivity contribution in [3.05, 3.63) is 60.4 Å². The van der Waals surface area contributed by atoms with Crippen LogP contribution in [0.25, 0.3) is 28.0 Å². The molecule has 0 bridgehead atoms. The van der Waals surface area contributed by atoms with E-state index in [0.717, 1.165) is 44.1 Å². The quantitative estimate of drug-likeness (QED) is 0.567. The van der Waals surface area contributed by atoms with E-state index in [2.05, 4.69) is 25.3 Å². The van der Waals surface area contributed by atoms with Crippen molar-refractivity contribution in [3.63, 3.8) is 0 Å². The van der Waals surface area contributed by atoms with Crippen LogP contribution in [0.3, 0.4) is 0 Å². The molecule has 0 amide bonds. The molecule has 8 heteroatoms. The van der Waals surface area contributed by atoms with Gasteiger partial charge >= 0.3 is 0 Å². The molecule has 3 aromatic heterocycles. The van der Waals surface area contributed by atoms with E-state index < -0.39 is 0 Å². The van der Waals surface area contributed by atoms with Gasteiger partial charge in [-0.25, -0.2) is 19.0 Å². The van der Waals surface area contributed by atoms with Crippen LogP contribution in [-0.2, 0) is 0 Å². The fourth-order valence-corrected chi connectivity index (χ4v) is 3.80. The molecule has 0 spiro atoms. The molecule has 30 heavy (non-hydrogen) atoms. The van der Waals surface area contributed by atoms with Crippen LogP contribution in [0.5, 0.6) is 0 Å². The molecule has 1 aliphatic heterocycles. The molecule has 4 heterocycles. The first-order valence-electron chi connectivity index (χ1n) is 10.1. The molecule has 1 aliphatic rings. The summed E-state index contributed by atoms with van der Waals surface area (Å²) in [7, 11) is 0. The van der Waals surface area contributed by atoms with Gasteiger partial charge in [0, 0.05) is 31.4 Å². The summed E-state index contributed by atoms with van der Waals surface area (Å²) in [5, 5.41) is 8.29. The summed E-state index contributed by atoms with van der Waals surface area (Å²) in [5.41, 5.74) is 2.72. The van der Waals surface area contributed by atoms with E-state index in [1.165, 1.54) is 6.07 Å². The minimum absolute atomic E-state index is 0.341. The van der Waals surface area contributed by atoms with Gasteiger partial charge < -0.3 is 10.2 Å². The van der Waals surface area contributed by atoms with Crippen LogP contribution in [0.4, 0.5) is 10.2 Å². The molecular weight excluding hydrogens is 381 g/mol. The van der Waals surface area contributed by atoms with Crippen LogP contribution in [-0.4, -0.2) is 50.9 Å². The van der Waals surface area contributed by atoms with Crippen molar-refractivity contribution < 1.29 is 4.39 Å².